The average Bonchev–Trinajstić information content (AvgIpc) is 2.01. The number of hydrogen-bond acceptors (Lipinski definition) is 2. The van der Waals surface area contributed by atoms with Crippen LogP contribution in [0.25, 0.3) is 0 Å². The first kappa shape index (κ1) is 11.5. The molecule has 1 heterocycles. The van der Waals surface area contributed by atoms with Gasteiger partial charge in [0.25, 0.3) is 0 Å². The molecule has 14 heavy (non-hydrogen) atoms. The van der Waals surface area contributed by atoms with Gasteiger partial charge in [0.2, 0.25) is 5.91 Å². The van der Waals surface area contributed by atoms with E-state index in [9.17, 15) is 9.90 Å². The fourth-order valence-electron chi connectivity index (χ4n) is 2.13. The van der Waals surface area contributed by atoms with Crippen molar-refractivity contribution in [1.29, 1.82) is 0 Å². The topological polar surface area (TPSA) is 49.3 Å². The Morgan fingerprint density at radius 1 is 1.43 bits per heavy atom. The van der Waals surface area contributed by atoms with Crippen molar-refractivity contribution >= 4 is 5.91 Å². The predicted molar refractivity (Wildman–Crippen MR) is 55.8 cm³/mol. The third-order valence-corrected chi connectivity index (χ3v) is 2.78. The first-order chi connectivity index (χ1) is 6.42. The van der Waals surface area contributed by atoms with Gasteiger partial charge in [0.05, 0.1) is 0 Å². The zero-order chi connectivity index (χ0) is 10.8. The van der Waals surface area contributed by atoms with E-state index in [0.717, 1.165) is 6.42 Å². The van der Waals surface area contributed by atoms with Gasteiger partial charge in [-0.15, -0.1) is 0 Å². The highest BCUT2D eigenvalue weighted by atomic mass is 16.3. The maximum Gasteiger partial charge on any atom is 0.220 e. The van der Waals surface area contributed by atoms with Crippen molar-refractivity contribution in [2.24, 2.45) is 17.3 Å². The van der Waals surface area contributed by atoms with Crippen molar-refractivity contribution in [3.05, 3.63) is 0 Å². The van der Waals surface area contributed by atoms with E-state index >= 15 is 0 Å². The van der Waals surface area contributed by atoms with Crippen LogP contribution < -0.4 is 5.32 Å². The first-order valence-electron chi connectivity index (χ1n) is 5.30. The molecule has 3 nitrogen and oxygen atoms in total. The van der Waals surface area contributed by atoms with Gasteiger partial charge in [-0.25, -0.2) is 0 Å². The Morgan fingerprint density at radius 3 is 2.57 bits per heavy atom. The molecule has 0 aromatic heterocycles. The van der Waals surface area contributed by atoms with E-state index in [1.165, 1.54) is 0 Å². The third kappa shape index (κ3) is 3.29. The minimum absolute atomic E-state index is 0.129. The molecule has 1 amide bonds. The van der Waals surface area contributed by atoms with Crippen LogP contribution in [0.15, 0.2) is 0 Å². The van der Waals surface area contributed by atoms with Gasteiger partial charge in [0.15, 0.2) is 0 Å². The lowest BCUT2D eigenvalue weighted by molar-refractivity contribution is -0.125. The summed E-state index contributed by atoms with van der Waals surface area (Å²) in [5, 5.41) is 12.0. The summed E-state index contributed by atoms with van der Waals surface area (Å²) in [6, 6.07) is 0. The minimum atomic E-state index is 0.129. The van der Waals surface area contributed by atoms with Gasteiger partial charge in [-0.05, 0) is 17.8 Å². The van der Waals surface area contributed by atoms with Crippen LogP contribution in [0.2, 0.25) is 0 Å². The molecule has 1 fully saturated rings. The summed E-state index contributed by atoms with van der Waals surface area (Å²) >= 11 is 0. The molecule has 1 saturated heterocycles. The zero-order valence-corrected chi connectivity index (χ0v) is 9.34. The van der Waals surface area contributed by atoms with Gasteiger partial charge < -0.3 is 10.4 Å². The van der Waals surface area contributed by atoms with Crippen LogP contribution in [0.4, 0.5) is 0 Å². The van der Waals surface area contributed by atoms with E-state index in [1.54, 1.807) is 0 Å². The lowest BCUT2D eigenvalue weighted by atomic mass is 9.75. The molecule has 1 rings (SSSR count). The van der Waals surface area contributed by atoms with E-state index in [0.29, 0.717) is 18.9 Å². The van der Waals surface area contributed by atoms with Crippen molar-refractivity contribution in [3.8, 4) is 0 Å². The molecule has 0 aliphatic carbocycles. The summed E-state index contributed by atoms with van der Waals surface area (Å²) in [4.78, 5) is 11.2. The number of aliphatic hydroxyl groups excluding tert-OH is 1. The number of piperidine rings is 1. The van der Waals surface area contributed by atoms with Crippen molar-refractivity contribution in [1.82, 2.24) is 5.32 Å². The summed E-state index contributed by atoms with van der Waals surface area (Å²) in [5.41, 5.74) is 0.232. The van der Waals surface area contributed by atoms with Crippen LogP contribution in [-0.2, 0) is 4.79 Å². The van der Waals surface area contributed by atoms with Crippen LogP contribution in [0.5, 0.6) is 0 Å². The SMILES string of the molecule is CC(C)(C)CC1CC(=O)NCC1CO. The molecule has 2 atom stereocenters. The molecule has 0 spiro atoms. The Kier molecular flexibility index (Phi) is 3.53. The minimum Gasteiger partial charge on any atom is -0.396 e. The molecule has 82 valence electrons. The van der Waals surface area contributed by atoms with E-state index in [2.05, 4.69) is 26.1 Å². The Hall–Kier alpha value is -0.570. The monoisotopic (exact) mass is 199 g/mol. The van der Waals surface area contributed by atoms with E-state index in [-0.39, 0.29) is 23.8 Å². The quantitative estimate of drug-likeness (QED) is 0.701. The number of aliphatic hydroxyl groups is 1. The molecule has 1 aliphatic heterocycles. The lowest BCUT2D eigenvalue weighted by Gasteiger charge is -2.34. The fraction of sp³-hybridized carbons (Fsp3) is 0.909. The Labute approximate surface area is 85.9 Å². The molecule has 3 heteroatoms. The molecule has 0 aromatic carbocycles. The standard InChI is InChI=1S/C11H21NO2/c1-11(2,3)5-8-4-10(14)12-6-9(8)7-13/h8-9,13H,4-7H2,1-3H3,(H,12,14). The average molecular weight is 199 g/mol. The molecular weight excluding hydrogens is 178 g/mol. The highest BCUT2D eigenvalue weighted by Gasteiger charge is 2.31. The van der Waals surface area contributed by atoms with Crippen molar-refractivity contribution in [2.75, 3.05) is 13.2 Å². The summed E-state index contributed by atoms with van der Waals surface area (Å²) in [6.07, 6.45) is 1.58. The smallest absolute Gasteiger partial charge is 0.220 e. The van der Waals surface area contributed by atoms with Gasteiger partial charge >= 0.3 is 0 Å². The Bertz CT molecular complexity index is 208. The highest BCUT2D eigenvalue weighted by molar-refractivity contribution is 5.77. The molecule has 1 aliphatic rings. The maximum absolute atomic E-state index is 11.2. The van der Waals surface area contributed by atoms with Gasteiger partial charge in [-0.1, -0.05) is 20.8 Å². The molecule has 0 radical (unpaired) electrons. The molecule has 0 saturated carbocycles. The van der Waals surface area contributed by atoms with Gasteiger partial charge in [0, 0.05) is 25.5 Å². The molecule has 0 aromatic rings. The predicted octanol–water partition coefficient (Wildman–Crippen LogP) is 1.17. The lowest BCUT2D eigenvalue weighted by Crippen LogP contribution is -2.43. The van der Waals surface area contributed by atoms with Crippen LogP contribution in [0.3, 0.4) is 0 Å². The van der Waals surface area contributed by atoms with Crippen molar-refractivity contribution in [2.45, 2.75) is 33.6 Å². The fourth-order valence-corrected chi connectivity index (χ4v) is 2.13. The molecular formula is C11H21NO2. The number of rotatable bonds is 2. The number of carbonyl (C=O) groups is 1. The van der Waals surface area contributed by atoms with E-state index in [1.807, 2.05) is 0 Å². The second-order valence-electron chi connectivity index (χ2n) is 5.48. The molecule has 2 unspecified atom stereocenters. The molecule has 0 bridgehead atoms. The zero-order valence-electron chi connectivity index (χ0n) is 9.34. The van der Waals surface area contributed by atoms with Crippen LogP contribution in [0.1, 0.15) is 33.6 Å². The maximum atomic E-state index is 11.2. The summed E-state index contributed by atoms with van der Waals surface area (Å²) in [7, 11) is 0. The van der Waals surface area contributed by atoms with Gasteiger partial charge in [-0.2, -0.15) is 0 Å². The Morgan fingerprint density at radius 2 is 2.07 bits per heavy atom. The first-order valence-corrected chi connectivity index (χ1v) is 5.30. The van der Waals surface area contributed by atoms with E-state index < -0.39 is 0 Å². The third-order valence-electron chi connectivity index (χ3n) is 2.78. The summed E-state index contributed by atoms with van der Waals surface area (Å²) < 4.78 is 0. The molecule has 2 N–H and O–H groups in total. The van der Waals surface area contributed by atoms with Crippen molar-refractivity contribution in [3.63, 3.8) is 0 Å². The second-order valence-corrected chi connectivity index (χ2v) is 5.48. The summed E-state index contributed by atoms with van der Waals surface area (Å²) in [5.74, 6) is 0.713. The van der Waals surface area contributed by atoms with Crippen molar-refractivity contribution < 1.29 is 9.90 Å². The normalized spacial score (nSPS) is 28.7. The van der Waals surface area contributed by atoms with Crippen LogP contribution >= 0.6 is 0 Å². The number of carbonyl (C=O) groups excluding carboxylic acids is 1. The van der Waals surface area contributed by atoms with Crippen LogP contribution in [0, 0.1) is 17.3 Å². The van der Waals surface area contributed by atoms with Gasteiger partial charge in [-0.3, -0.25) is 4.79 Å². The number of amides is 1. The Balaban J connectivity index is 2.57. The summed E-state index contributed by atoms with van der Waals surface area (Å²) in [6.45, 7) is 7.34. The van der Waals surface area contributed by atoms with Crippen LogP contribution in [-0.4, -0.2) is 24.2 Å². The second kappa shape index (κ2) is 4.30. The number of hydrogen-bond donors (Lipinski definition) is 2. The van der Waals surface area contributed by atoms with E-state index in [4.69, 9.17) is 0 Å². The number of nitrogens with one attached hydrogen (secondary N) is 1. The highest BCUT2D eigenvalue weighted by Crippen LogP contribution is 2.32. The van der Waals surface area contributed by atoms with Gasteiger partial charge in [0.1, 0.15) is 0 Å². The largest absolute Gasteiger partial charge is 0.396 e.